The summed E-state index contributed by atoms with van der Waals surface area (Å²) < 4.78 is 28.6. The molecule has 9 nitrogen and oxygen atoms in total. The summed E-state index contributed by atoms with van der Waals surface area (Å²) in [7, 11) is -9.95. The summed E-state index contributed by atoms with van der Waals surface area (Å²) in [4.78, 5) is 25.3. The second kappa shape index (κ2) is 6.61. The molecule has 0 heterocycles. The van der Waals surface area contributed by atoms with E-state index in [1.165, 1.54) is 6.08 Å². The molecule has 1 unspecified atom stereocenters. The number of hydrogen-bond donors (Lipinski definition) is 5. The van der Waals surface area contributed by atoms with Crippen LogP contribution in [-0.2, 0) is 18.1 Å². The lowest BCUT2D eigenvalue weighted by atomic mass is 10.3. The average molecular weight is 277 g/mol. The van der Waals surface area contributed by atoms with Gasteiger partial charge in [0, 0.05) is 6.54 Å². The quantitative estimate of drug-likeness (QED) is 0.239. The van der Waals surface area contributed by atoms with Crippen molar-refractivity contribution in [2.45, 2.75) is 6.92 Å². The van der Waals surface area contributed by atoms with Gasteiger partial charge in [-0.05, 0) is 6.92 Å². The molecule has 0 aliphatic carbocycles. The van der Waals surface area contributed by atoms with Gasteiger partial charge in [-0.15, -0.1) is 0 Å². The molecule has 1 atom stereocenters. The Balaban J connectivity index is 4.06. The van der Waals surface area contributed by atoms with E-state index in [4.69, 9.17) is 19.8 Å². The third kappa shape index (κ3) is 9.17. The van der Waals surface area contributed by atoms with Gasteiger partial charge in [-0.2, -0.15) is 14.4 Å². The van der Waals surface area contributed by atoms with E-state index < -0.39 is 15.6 Å². The highest BCUT2D eigenvalue weighted by molar-refractivity contribution is 7.60. The Morgan fingerprint density at radius 3 is 2.38 bits per heavy atom. The standard InChI is InChI=1S/C5H13NO8P2/c1-5(2-3-7)4-6-13-16(11,12)14-15(8,9)10/h2,6-7H,3-4H2,1H3,(H,11,12)(H2,8,9,10)/b5-2-. The van der Waals surface area contributed by atoms with Crippen molar-refractivity contribution in [1.82, 2.24) is 5.48 Å². The Morgan fingerprint density at radius 1 is 1.38 bits per heavy atom. The summed E-state index contributed by atoms with van der Waals surface area (Å²) in [5.74, 6) is 0. The number of phosphoric acid groups is 2. The largest absolute Gasteiger partial charge is 0.497 e. The van der Waals surface area contributed by atoms with E-state index in [2.05, 4.69) is 8.94 Å². The first kappa shape index (κ1) is 15.9. The number of hydrogen-bond acceptors (Lipinski definition) is 6. The molecule has 0 bridgehead atoms. The molecule has 11 heteroatoms. The van der Waals surface area contributed by atoms with E-state index in [1.807, 2.05) is 5.48 Å². The van der Waals surface area contributed by atoms with Crippen LogP contribution in [0.15, 0.2) is 11.6 Å². The van der Waals surface area contributed by atoms with Crippen LogP contribution >= 0.6 is 15.6 Å². The van der Waals surface area contributed by atoms with Gasteiger partial charge in [0.25, 0.3) is 0 Å². The van der Waals surface area contributed by atoms with Crippen LogP contribution in [0.1, 0.15) is 6.92 Å². The molecule has 0 aromatic rings. The maximum absolute atomic E-state index is 10.9. The molecule has 0 saturated heterocycles. The van der Waals surface area contributed by atoms with Gasteiger partial charge < -0.3 is 19.8 Å². The van der Waals surface area contributed by atoms with Crippen molar-refractivity contribution in [3.63, 3.8) is 0 Å². The predicted molar refractivity (Wildman–Crippen MR) is 52.9 cm³/mol. The van der Waals surface area contributed by atoms with Crippen molar-refractivity contribution >= 4 is 15.6 Å². The molecule has 5 N–H and O–H groups in total. The fraction of sp³-hybridized carbons (Fsp3) is 0.600. The van der Waals surface area contributed by atoms with Gasteiger partial charge in [-0.1, -0.05) is 11.6 Å². The van der Waals surface area contributed by atoms with Crippen molar-refractivity contribution in [1.29, 1.82) is 0 Å². The second-order valence-electron chi connectivity index (χ2n) is 2.69. The van der Waals surface area contributed by atoms with E-state index in [-0.39, 0.29) is 13.2 Å². The molecule has 0 rings (SSSR count). The second-order valence-corrected chi connectivity index (χ2v) is 5.44. The summed E-state index contributed by atoms with van der Waals surface area (Å²) >= 11 is 0. The van der Waals surface area contributed by atoms with Crippen LogP contribution in [0.25, 0.3) is 0 Å². The maximum atomic E-state index is 10.9. The topological polar surface area (TPSA) is 146 Å². The number of aliphatic hydroxyl groups excluding tert-OH is 1. The first-order chi connectivity index (χ1) is 7.16. The SMILES string of the molecule is C/C(=C/CO)CNOP(=O)(O)OP(=O)(O)O. The van der Waals surface area contributed by atoms with Gasteiger partial charge in [0.05, 0.1) is 6.61 Å². The zero-order valence-electron chi connectivity index (χ0n) is 8.31. The fourth-order valence-corrected chi connectivity index (χ4v) is 2.04. The molecule has 0 aromatic carbocycles. The number of rotatable bonds is 7. The first-order valence-electron chi connectivity index (χ1n) is 3.94. The molecule has 0 amide bonds. The van der Waals surface area contributed by atoms with E-state index in [0.717, 1.165) is 0 Å². The summed E-state index contributed by atoms with van der Waals surface area (Å²) in [5, 5.41) is 8.47. The van der Waals surface area contributed by atoms with Crippen molar-refractivity contribution in [3.05, 3.63) is 11.6 Å². The molecule has 0 radical (unpaired) electrons. The van der Waals surface area contributed by atoms with E-state index in [0.29, 0.717) is 5.57 Å². The first-order valence-corrected chi connectivity index (χ1v) is 6.96. The third-order valence-electron chi connectivity index (χ3n) is 1.18. The Bertz CT molecular complexity index is 335. The predicted octanol–water partition coefficient (Wildman–Crippen LogP) is -0.344. The summed E-state index contributed by atoms with van der Waals surface area (Å²) in [6, 6.07) is 0. The normalized spacial score (nSPS) is 17.2. The fourth-order valence-electron chi connectivity index (χ4n) is 0.607. The molecule has 96 valence electrons. The molecular weight excluding hydrogens is 264 g/mol. The minimum atomic E-state index is -5.10. The summed E-state index contributed by atoms with van der Waals surface area (Å²) in [6.45, 7) is 1.37. The lowest BCUT2D eigenvalue weighted by molar-refractivity contribution is 0.124. The summed E-state index contributed by atoms with van der Waals surface area (Å²) in [5.41, 5.74) is 2.57. The lowest BCUT2D eigenvalue weighted by Crippen LogP contribution is -2.16. The minimum Gasteiger partial charge on any atom is -0.392 e. The van der Waals surface area contributed by atoms with Gasteiger partial charge in [-0.3, -0.25) is 0 Å². The van der Waals surface area contributed by atoms with Crippen molar-refractivity contribution in [2.24, 2.45) is 0 Å². The molecular formula is C5H13NO8P2. The third-order valence-corrected chi connectivity index (χ3v) is 3.22. The average Bonchev–Trinajstić information content (AvgIpc) is 1.98. The highest BCUT2D eigenvalue weighted by atomic mass is 31.3. The van der Waals surface area contributed by atoms with Crippen molar-refractivity contribution < 1.29 is 37.9 Å². The minimum absolute atomic E-state index is 0.0182. The van der Waals surface area contributed by atoms with Gasteiger partial charge in [0.1, 0.15) is 0 Å². The molecule has 0 fully saturated rings. The molecule has 0 aromatic heterocycles. The zero-order chi connectivity index (χ0) is 12.8. The van der Waals surface area contributed by atoms with Crippen LogP contribution < -0.4 is 5.48 Å². The number of aliphatic hydroxyl groups is 1. The van der Waals surface area contributed by atoms with E-state index in [1.54, 1.807) is 6.92 Å². The van der Waals surface area contributed by atoms with Gasteiger partial charge in [0.2, 0.25) is 0 Å². The van der Waals surface area contributed by atoms with Crippen LogP contribution in [-0.4, -0.2) is 32.9 Å². The molecule has 16 heavy (non-hydrogen) atoms. The van der Waals surface area contributed by atoms with E-state index in [9.17, 15) is 9.13 Å². The Morgan fingerprint density at radius 2 is 1.94 bits per heavy atom. The molecule has 0 aliphatic rings. The van der Waals surface area contributed by atoms with Crippen molar-refractivity contribution in [2.75, 3.05) is 13.2 Å². The van der Waals surface area contributed by atoms with Crippen LogP contribution in [0.4, 0.5) is 0 Å². The number of hydroxylamine groups is 1. The Hall–Kier alpha value is -0.0800. The monoisotopic (exact) mass is 277 g/mol. The Kier molecular flexibility index (Phi) is 6.57. The van der Waals surface area contributed by atoms with Crippen LogP contribution in [0.5, 0.6) is 0 Å². The van der Waals surface area contributed by atoms with Crippen LogP contribution in [0.3, 0.4) is 0 Å². The molecule has 0 spiro atoms. The van der Waals surface area contributed by atoms with E-state index >= 15 is 0 Å². The zero-order valence-corrected chi connectivity index (χ0v) is 10.1. The van der Waals surface area contributed by atoms with Gasteiger partial charge in [-0.25, -0.2) is 9.13 Å². The van der Waals surface area contributed by atoms with Gasteiger partial charge in [0.15, 0.2) is 0 Å². The van der Waals surface area contributed by atoms with Crippen LogP contribution in [0.2, 0.25) is 0 Å². The molecule has 0 saturated carbocycles. The Labute approximate surface area is 91.5 Å². The highest BCUT2D eigenvalue weighted by Crippen LogP contribution is 2.56. The maximum Gasteiger partial charge on any atom is 0.497 e. The highest BCUT2D eigenvalue weighted by Gasteiger charge is 2.32. The van der Waals surface area contributed by atoms with Gasteiger partial charge >= 0.3 is 15.6 Å². The van der Waals surface area contributed by atoms with Crippen LogP contribution in [0, 0.1) is 0 Å². The smallest absolute Gasteiger partial charge is 0.392 e. The summed E-state index contributed by atoms with van der Waals surface area (Å²) in [6.07, 6.45) is 1.41. The molecule has 0 aliphatic heterocycles. The van der Waals surface area contributed by atoms with Crippen molar-refractivity contribution in [3.8, 4) is 0 Å². The number of nitrogens with one attached hydrogen (secondary N) is 1. The lowest BCUT2D eigenvalue weighted by Gasteiger charge is -2.12.